The van der Waals surface area contributed by atoms with E-state index < -0.39 is 0 Å². The zero-order valence-corrected chi connectivity index (χ0v) is 15.4. The molecule has 2 aromatic rings. The normalized spacial score (nSPS) is 17.0. The molecular formula is C20H22ClNO4. The molecule has 0 radical (unpaired) electrons. The molecule has 5 nitrogen and oxygen atoms in total. The van der Waals surface area contributed by atoms with Crippen molar-refractivity contribution in [3.63, 3.8) is 0 Å². The summed E-state index contributed by atoms with van der Waals surface area (Å²) < 4.78 is 16.6. The molecule has 1 fully saturated rings. The number of methoxy groups -OCH3 is 1. The van der Waals surface area contributed by atoms with Gasteiger partial charge in [0.2, 0.25) is 0 Å². The third-order valence-corrected chi connectivity index (χ3v) is 4.67. The number of carbonyl (C=O) groups excluding carboxylic acids is 1. The van der Waals surface area contributed by atoms with E-state index in [9.17, 15) is 4.79 Å². The number of benzene rings is 2. The lowest BCUT2D eigenvalue weighted by molar-refractivity contribution is -0.140. The molecule has 0 bridgehead atoms. The summed E-state index contributed by atoms with van der Waals surface area (Å²) in [6.07, 6.45) is 0.615. The van der Waals surface area contributed by atoms with Crippen LogP contribution in [0.15, 0.2) is 48.5 Å². The van der Waals surface area contributed by atoms with Gasteiger partial charge in [-0.15, -0.1) is 0 Å². The summed E-state index contributed by atoms with van der Waals surface area (Å²) in [6.45, 7) is 1.61. The van der Waals surface area contributed by atoms with Crippen molar-refractivity contribution >= 4 is 17.5 Å². The minimum atomic E-state index is -0.0654. The number of morpholine rings is 1. The van der Waals surface area contributed by atoms with Crippen LogP contribution in [0.4, 0.5) is 0 Å². The molecule has 0 saturated carbocycles. The molecule has 0 aliphatic carbocycles. The van der Waals surface area contributed by atoms with Crippen molar-refractivity contribution in [2.45, 2.75) is 12.5 Å². The molecule has 3 rings (SSSR count). The second kappa shape index (κ2) is 8.92. The summed E-state index contributed by atoms with van der Waals surface area (Å²) in [6, 6.07) is 14.9. The Bertz CT molecular complexity index is 752. The average molecular weight is 376 g/mol. The van der Waals surface area contributed by atoms with Crippen molar-refractivity contribution in [3.05, 3.63) is 59.1 Å². The van der Waals surface area contributed by atoms with Gasteiger partial charge < -0.3 is 19.1 Å². The minimum absolute atomic E-state index is 0.00796. The monoisotopic (exact) mass is 375 g/mol. The summed E-state index contributed by atoms with van der Waals surface area (Å²) >= 11 is 6.22. The van der Waals surface area contributed by atoms with Crippen LogP contribution in [0.5, 0.6) is 11.5 Å². The largest absolute Gasteiger partial charge is 0.497 e. The van der Waals surface area contributed by atoms with Gasteiger partial charge in [0, 0.05) is 30.6 Å². The Kier molecular flexibility index (Phi) is 6.36. The van der Waals surface area contributed by atoms with Crippen LogP contribution >= 0.6 is 11.6 Å². The number of ether oxygens (including phenoxy) is 3. The van der Waals surface area contributed by atoms with Crippen molar-refractivity contribution in [1.29, 1.82) is 0 Å². The van der Waals surface area contributed by atoms with E-state index >= 15 is 0 Å². The van der Waals surface area contributed by atoms with E-state index in [1.807, 2.05) is 36.4 Å². The molecule has 1 heterocycles. The van der Waals surface area contributed by atoms with E-state index in [0.29, 0.717) is 37.6 Å². The van der Waals surface area contributed by atoms with Crippen molar-refractivity contribution in [3.8, 4) is 11.5 Å². The first-order valence-electron chi connectivity index (χ1n) is 8.55. The fraction of sp³-hybridized carbons (Fsp3) is 0.350. The van der Waals surface area contributed by atoms with Crippen LogP contribution in [0.2, 0.25) is 5.02 Å². The maximum absolute atomic E-state index is 12.5. The van der Waals surface area contributed by atoms with Crippen LogP contribution in [0, 0.1) is 0 Å². The summed E-state index contributed by atoms with van der Waals surface area (Å²) in [7, 11) is 1.59. The standard InChI is InChI=1S/C20H22ClNO4/c1-24-16-6-4-7-17(12-16)26-14-20(23)22-9-10-25-18(13-22)11-15-5-2-3-8-19(15)21/h2-8,12,18H,9-11,13-14H2,1H3/t18-/m0/s1. The summed E-state index contributed by atoms with van der Waals surface area (Å²) in [5, 5.41) is 0.723. The predicted molar refractivity (Wildman–Crippen MR) is 100.0 cm³/mol. The van der Waals surface area contributed by atoms with E-state index in [0.717, 1.165) is 10.6 Å². The molecular weight excluding hydrogens is 354 g/mol. The number of hydrogen-bond donors (Lipinski definition) is 0. The van der Waals surface area contributed by atoms with Gasteiger partial charge >= 0.3 is 0 Å². The van der Waals surface area contributed by atoms with E-state index in [-0.39, 0.29) is 18.6 Å². The molecule has 2 aromatic carbocycles. The molecule has 1 amide bonds. The first-order valence-corrected chi connectivity index (χ1v) is 8.93. The van der Waals surface area contributed by atoms with Crippen molar-refractivity contribution < 1.29 is 19.0 Å². The molecule has 6 heteroatoms. The molecule has 0 spiro atoms. The highest BCUT2D eigenvalue weighted by atomic mass is 35.5. The van der Waals surface area contributed by atoms with Crippen LogP contribution in [-0.2, 0) is 16.0 Å². The Labute approximate surface area is 158 Å². The second-order valence-electron chi connectivity index (χ2n) is 6.10. The molecule has 0 unspecified atom stereocenters. The van der Waals surface area contributed by atoms with Gasteiger partial charge in [0.15, 0.2) is 6.61 Å². The molecule has 1 aliphatic heterocycles. The first kappa shape index (κ1) is 18.5. The first-order chi connectivity index (χ1) is 12.7. The zero-order valence-electron chi connectivity index (χ0n) is 14.7. The lowest BCUT2D eigenvalue weighted by Gasteiger charge is -2.33. The van der Waals surface area contributed by atoms with E-state index in [1.54, 1.807) is 24.1 Å². The fourth-order valence-corrected chi connectivity index (χ4v) is 3.12. The summed E-state index contributed by atoms with van der Waals surface area (Å²) in [5.41, 5.74) is 1.03. The maximum atomic E-state index is 12.5. The lowest BCUT2D eigenvalue weighted by atomic mass is 10.1. The molecule has 1 aliphatic rings. The van der Waals surface area contributed by atoms with Crippen LogP contribution in [-0.4, -0.2) is 50.3 Å². The fourth-order valence-electron chi connectivity index (χ4n) is 2.91. The smallest absolute Gasteiger partial charge is 0.260 e. The number of carbonyl (C=O) groups is 1. The van der Waals surface area contributed by atoms with E-state index in [2.05, 4.69) is 0 Å². The van der Waals surface area contributed by atoms with Crippen molar-refractivity contribution in [2.75, 3.05) is 33.4 Å². The lowest BCUT2D eigenvalue weighted by Crippen LogP contribution is -2.47. The minimum Gasteiger partial charge on any atom is -0.497 e. The summed E-state index contributed by atoms with van der Waals surface area (Å²) in [5.74, 6) is 1.25. The van der Waals surface area contributed by atoms with Gasteiger partial charge in [-0.1, -0.05) is 35.9 Å². The molecule has 0 aromatic heterocycles. The Morgan fingerprint density at radius 2 is 2.04 bits per heavy atom. The van der Waals surface area contributed by atoms with Gasteiger partial charge in [0.1, 0.15) is 11.5 Å². The van der Waals surface area contributed by atoms with E-state index in [4.69, 9.17) is 25.8 Å². The van der Waals surface area contributed by atoms with Crippen LogP contribution in [0.3, 0.4) is 0 Å². The third-order valence-electron chi connectivity index (χ3n) is 4.30. The van der Waals surface area contributed by atoms with Crippen molar-refractivity contribution in [1.82, 2.24) is 4.90 Å². The molecule has 1 saturated heterocycles. The zero-order chi connectivity index (χ0) is 18.4. The van der Waals surface area contributed by atoms with Crippen molar-refractivity contribution in [2.24, 2.45) is 0 Å². The topological polar surface area (TPSA) is 48.0 Å². The average Bonchev–Trinajstić information content (AvgIpc) is 2.68. The predicted octanol–water partition coefficient (Wildman–Crippen LogP) is 3.20. The number of halogens is 1. The number of amides is 1. The Hall–Kier alpha value is -2.24. The van der Waals surface area contributed by atoms with Crippen LogP contribution < -0.4 is 9.47 Å². The van der Waals surface area contributed by atoms with Gasteiger partial charge in [-0.3, -0.25) is 4.79 Å². The molecule has 0 N–H and O–H groups in total. The van der Waals surface area contributed by atoms with Crippen LogP contribution in [0.1, 0.15) is 5.56 Å². The van der Waals surface area contributed by atoms with E-state index in [1.165, 1.54) is 0 Å². The van der Waals surface area contributed by atoms with Gasteiger partial charge in [-0.05, 0) is 23.8 Å². The Balaban J connectivity index is 1.53. The second-order valence-corrected chi connectivity index (χ2v) is 6.50. The number of hydrogen-bond acceptors (Lipinski definition) is 4. The number of nitrogens with zero attached hydrogens (tertiary/aromatic N) is 1. The molecule has 138 valence electrons. The molecule has 26 heavy (non-hydrogen) atoms. The van der Waals surface area contributed by atoms with Gasteiger partial charge in [0.05, 0.1) is 19.8 Å². The van der Waals surface area contributed by atoms with Gasteiger partial charge in [-0.25, -0.2) is 0 Å². The Morgan fingerprint density at radius 3 is 2.85 bits per heavy atom. The van der Waals surface area contributed by atoms with Crippen LogP contribution in [0.25, 0.3) is 0 Å². The van der Waals surface area contributed by atoms with Gasteiger partial charge in [0.25, 0.3) is 5.91 Å². The maximum Gasteiger partial charge on any atom is 0.260 e. The molecule has 1 atom stereocenters. The highest BCUT2D eigenvalue weighted by Crippen LogP contribution is 2.21. The highest BCUT2D eigenvalue weighted by Gasteiger charge is 2.25. The SMILES string of the molecule is COc1cccc(OCC(=O)N2CCO[C@@H](Cc3ccccc3Cl)C2)c1. The quantitative estimate of drug-likeness (QED) is 0.778. The Morgan fingerprint density at radius 1 is 1.23 bits per heavy atom. The third kappa shape index (κ3) is 4.90. The number of rotatable bonds is 6. The highest BCUT2D eigenvalue weighted by molar-refractivity contribution is 6.31. The summed E-state index contributed by atoms with van der Waals surface area (Å²) in [4.78, 5) is 14.3. The van der Waals surface area contributed by atoms with Gasteiger partial charge in [-0.2, -0.15) is 0 Å².